The van der Waals surface area contributed by atoms with Crippen molar-refractivity contribution in [2.45, 2.75) is 49.8 Å². The molecular weight excluding hydrogens is 421 g/mol. The third-order valence-corrected chi connectivity index (χ3v) is 7.71. The Hall–Kier alpha value is -1.65. The number of benzene rings is 1. The maximum absolute atomic E-state index is 13.3. The van der Waals surface area contributed by atoms with Gasteiger partial charge in [-0.1, -0.05) is 12.1 Å². The van der Waals surface area contributed by atoms with Gasteiger partial charge in [-0.05, 0) is 44.7 Å². The molecule has 1 unspecified atom stereocenters. The first-order valence-electron chi connectivity index (χ1n) is 10.2. The molecule has 168 valence electrons. The lowest BCUT2D eigenvalue weighted by molar-refractivity contribution is -0.140. The molecule has 0 radical (unpaired) electrons. The largest absolute Gasteiger partial charge is 0.417 e. The molecule has 1 amide bonds. The van der Waals surface area contributed by atoms with Crippen molar-refractivity contribution >= 4 is 15.9 Å². The molecule has 0 aliphatic carbocycles. The summed E-state index contributed by atoms with van der Waals surface area (Å²) >= 11 is 0. The van der Waals surface area contributed by atoms with Crippen LogP contribution in [0.1, 0.15) is 38.2 Å². The summed E-state index contributed by atoms with van der Waals surface area (Å²) in [5, 5.41) is 0. The number of rotatable bonds is 6. The van der Waals surface area contributed by atoms with Crippen LogP contribution >= 0.6 is 0 Å². The minimum Gasteiger partial charge on any atom is -0.376 e. The third-order valence-electron chi connectivity index (χ3n) is 5.75. The van der Waals surface area contributed by atoms with E-state index in [1.54, 1.807) is 4.90 Å². The quantitative estimate of drug-likeness (QED) is 0.671. The Bertz CT molecular complexity index is 846. The zero-order valence-corrected chi connectivity index (χ0v) is 17.7. The van der Waals surface area contributed by atoms with Crippen molar-refractivity contribution in [2.75, 3.05) is 32.8 Å². The van der Waals surface area contributed by atoms with Crippen molar-refractivity contribution in [3.63, 3.8) is 0 Å². The molecule has 0 saturated carbocycles. The standard InChI is InChI=1S/C20H27F3N2O4S/c1-2-24(14-16-6-5-13-29-16)19(26)15-9-11-25(12-10-15)30(27,28)18-8-4-3-7-17(18)20(21,22)23/h3-4,7-8,15-16H,2,5-6,9-14H2,1H3. The van der Waals surface area contributed by atoms with Gasteiger partial charge in [-0.3, -0.25) is 4.79 Å². The number of nitrogens with zero attached hydrogens (tertiary/aromatic N) is 2. The van der Waals surface area contributed by atoms with Gasteiger partial charge in [0.05, 0.1) is 16.6 Å². The lowest BCUT2D eigenvalue weighted by Gasteiger charge is -2.34. The highest BCUT2D eigenvalue weighted by Crippen LogP contribution is 2.36. The van der Waals surface area contributed by atoms with Crippen molar-refractivity contribution in [3.8, 4) is 0 Å². The average Bonchev–Trinajstić information content (AvgIpc) is 3.24. The second-order valence-electron chi connectivity index (χ2n) is 7.68. The van der Waals surface area contributed by atoms with Crippen LogP contribution in [0, 0.1) is 5.92 Å². The Balaban J connectivity index is 1.67. The first-order valence-corrected chi connectivity index (χ1v) is 11.7. The number of halogens is 3. The zero-order valence-electron chi connectivity index (χ0n) is 16.9. The number of amides is 1. The normalized spacial score (nSPS) is 21.7. The van der Waals surface area contributed by atoms with Crippen LogP contribution < -0.4 is 0 Å². The molecule has 1 aromatic carbocycles. The molecule has 2 aliphatic heterocycles. The highest BCUT2D eigenvalue weighted by Gasteiger charge is 2.40. The molecule has 2 fully saturated rings. The molecule has 6 nitrogen and oxygen atoms in total. The summed E-state index contributed by atoms with van der Waals surface area (Å²) in [4.78, 5) is 13.9. The van der Waals surface area contributed by atoms with E-state index < -0.39 is 26.7 Å². The Morgan fingerprint density at radius 3 is 2.43 bits per heavy atom. The Morgan fingerprint density at radius 1 is 1.20 bits per heavy atom. The third kappa shape index (κ3) is 4.97. The van der Waals surface area contributed by atoms with E-state index in [9.17, 15) is 26.4 Å². The monoisotopic (exact) mass is 448 g/mol. The van der Waals surface area contributed by atoms with Gasteiger partial charge in [0.15, 0.2) is 0 Å². The summed E-state index contributed by atoms with van der Waals surface area (Å²) in [6.45, 7) is 3.68. The number of hydrogen-bond acceptors (Lipinski definition) is 4. The van der Waals surface area contributed by atoms with Crippen LogP contribution in [-0.4, -0.2) is 62.4 Å². The van der Waals surface area contributed by atoms with Crippen LogP contribution in [0.3, 0.4) is 0 Å². The fourth-order valence-electron chi connectivity index (χ4n) is 4.08. The van der Waals surface area contributed by atoms with Crippen LogP contribution in [0.15, 0.2) is 29.2 Å². The minimum atomic E-state index is -4.76. The zero-order chi connectivity index (χ0) is 21.9. The van der Waals surface area contributed by atoms with Gasteiger partial charge >= 0.3 is 6.18 Å². The first-order chi connectivity index (χ1) is 14.1. The van der Waals surface area contributed by atoms with E-state index in [1.807, 2.05) is 6.92 Å². The van der Waals surface area contributed by atoms with Gasteiger partial charge in [-0.15, -0.1) is 0 Å². The van der Waals surface area contributed by atoms with E-state index in [4.69, 9.17) is 4.74 Å². The fourth-order valence-corrected chi connectivity index (χ4v) is 5.76. The van der Waals surface area contributed by atoms with Gasteiger partial charge < -0.3 is 9.64 Å². The van der Waals surface area contributed by atoms with E-state index in [0.29, 0.717) is 19.7 Å². The molecule has 0 aromatic heterocycles. The summed E-state index contributed by atoms with van der Waals surface area (Å²) in [6, 6.07) is 4.20. The van der Waals surface area contributed by atoms with Crippen molar-refractivity contribution in [1.82, 2.24) is 9.21 Å². The molecular formula is C20H27F3N2O4S. The number of alkyl halides is 3. The first kappa shape index (κ1) is 23.0. The lowest BCUT2D eigenvalue weighted by Crippen LogP contribution is -2.46. The van der Waals surface area contributed by atoms with E-state index in [0.717, 1.165) is 29.3 Å². The van der Waals surface area contributed by atoms with E-state index in [1.165, 1.54) is 12.1 Å². The number of carbonyl (C=O) groups is 1. The topological polar surface area (TPSA) is 66.9 Å². The number of ether oxygens (including phenoxy) is 1. The molecule has 3 rings (SSSR count). The Labute approximate surface area is 175 Å². The van der Waals surface area contributed by atoms with Gasteiger partial charge in [0.2, 0.25) is 15.9 Å². The van der Waals surface area contributed by atoms with Gasteiger partial charge in [0.1, 0.15) is 0 Å². The Kier molecular flexibility index (Phi) is 7.09. The molecule has 1 atom stereocenters. The van der Waals surface area contributed by atoms with Gasteiger partial charge in [0.25, 0.3) is 0 Å². The van der Waals surface area contributed by atoms with Crippen molar-refractivity contribution < 1.29 is 31.1 Å². The van der Waals surface area contributed by atoms with Crippen molar-refractivity contribution in [3.05, 3.63) is 29.8 Å². The average molecular weight is 449 g/mol. The van der Waals surface area contributed by atoms with Crippen LogP contribution in [0.5, 0.6) is 0 Å². The van der Waals surface area contributed by atoms with Crippen molar-refractivity contribution in [2.24, 2.45) is 5.92 Å². The maximum Gasteiger partial charge on any atom is 0.417 e. The maximum atomic E-state index is 13.3. The molecule has 0 bridgehead atoms. The molecule has 2 saturated heterocycles. The minimum absolute atomic E-state index is 0.0163. The summed E-state index contributed by atoms with van der Waals surface area (Å²) in [7, 11) is -4.30. The molecule has 2 heterocycles. The lowest BCUT2D eigenvalue weighted by atomic mass is 9.96. The second-order valence-corrected chi connectivity index (χ2v) is 9.59. The van der Waals surface area contributed by atoms with Gasteiger partial charge in [-0.2, -0.15) is 17.5 Å². The predicted octanol–water partition coefficient (Wildman–Crippen LogP) is 3.13. The summed E-state index contributed by atoms with van der Waals surface area (Å²) < 4.78 is 72.2. The van der Waals surface area contributed by atoms with Gasteiger partial charge in [-0.25, -0.2) is 8.42 Å². The van der Waals surface area contributed by atoms with Crippen LogP contribution in [0.25, 0.3) is 0 Å². The second kappa shape index (κ2) is 9.23. The predicted molar refractivity (Wildman–Crippen MR) is 104 cm³/mol. The smallest absolute Gasteiger partial charge is 0.376 e. The van der Waals surface area contributed by atoms with Crippen LogP contribution in [0.4, 0.5) is 13.2 Å². The molecule has 0 N–H and O–H groups in total. The number of sulfonamides is 1. The van der Waals surface area contributed by atoms with E-state index in [2.05, 4.69) is 0 Å². The van der Waals surface area contributed by atoms with Crippen molar-refractivity contribution in [1.29, 1.82) is 0 Å². The molecule has 30 heavy (non-hydrogen) atoms. The van der Waals surface area contributed by atoms with E-state index in [-0.39, 0.29) is 43.9 Å². The summed E-state index contributed by atoms with van der Waals surface area (Å²) in [5.74, 6) is -0.378. The molecule has 1 aromatic rings. The number of likely N-dealkylation sites (N-methyl/N-ethyl adjacent to an activating group) is 1. The number of piperidine rings is 1. The van der Waals surface area contributed by atoms with Gasteiger partial charge in [0, 0.05) is 38.7 Å². The number of hydrogen-bond donors (Lipinski definition) is 0. The van der Waals surface area contributed by atoms with Crippen LogP contribution in [0.2, 0.25) is 0 Å². The SMILES string of the molecule is CCN(CC1CCCO1)C(=O)C1CCN(S(=O)(=O)c2ccccc2C(F)(F)F)CC1. The summed E-state index contributed by atoms with van der Waals surface area (Å²) in [6.07, 6.45) is -2.26. The fraction of sp³-hybridized carbons (Fsp3) is 0.650. The highest BCUT2D eigenvalue weighted by atomic mass is 32.2. The van der Waals surface area contributed by atoms with Crippen LogP contribution in [-0.2, 0) is 25.7 Å². The Morgan fingerprint density at radius 2 is 1.87 bits per heavy atom. The highest BCUT2D eigenvalue weighted by molar-refractivity contribution is 7.89. The molecule has 0 spiro atoms. The summed E-state index contributed by atoms with van der Waals surface area (Å²) in [5.41, 5.74) is -1.17. The number of carbonyl (C=O) groups excluding carboxylic acids is 1. The molecule has 2 aliphatic rings. The van der Waals surface area contributed by atoms with E-state index >= 15 is 0 Å². The molecule has 10 heteroatoms.